The van der Waals surface area contributed by atoms with Crippen LogP contribution in [0.15, 0.2) is 54.7 Å². The topological polar surface area (TPSA) is 91.8 Å². The molecular formula is C19H22N6OS. The van der Waals surface area contributed by atoms with Gasteiger partial charge in [0.25, 0.3) is 0 Å². The number of pyridine rings is 1. The number of nitrogens with zero attached hydrogens (tertiary/aromatic N) is 3. The number of urea groups is 1. The van der Waals surface area contributed by atoms with Crippen molar-refractivity contribution < 1.29 is 4.79 Å². The average Bonchev–Trinajstić information content (AvgIpc) is 3.15. The summed E-state index contributed by atoms with van der Waals surface area (Å²) in [5.74, 6) is 0.350. The highest BCUT2D eigenvalue weighted by molar-refractivity contribution is 7.18. The van der Waals surface area contributed by atoms with Crippen LogP contribution in [-0.4, -0.2) is 33.8 Å². The third-order valence-corrected chi connectivity index (χ3v) is 4.80. The summed E-state index contributed by atoms with van der Waals surface area (Å²) >= 11 is 1.29. The number of para-hydroxylation sites is 1. The molecular weight excluding hydrogens is 360 g/mol. The number of hydrogen-bond acceptors (Lipinski definition) is 6. The molecule has 27 heavy (non-hydrogen) atoms. The molecule has 0 fully saturated rings. The molecule has 0 saturated heterocycles. The van der Waals surface area contributed by atoms with Gasteiger partial charge in [0.05, 0.1) is 0 Å². The highest BCUT2D eigenvalue weighted by atomic mass is 32.1. The van der Waals surface area contributed by atoms with Gasteiger partial charge in [-0.3, -0.25) is 10.3 Å². The van der Waals surface area contributed by atoms with E-state index >= 15 is 0 Å². The molecule has 1 unspecified atom stereocenters. The van der Waals surface area contributed by atoms with E-state index in [1.54, 1.807) is 6.20 Å². The van der Waals surface area contributed by atoms with Gasteiger partial charge in [0.15, 0.2) is 5.01 Å². The minimum atomic E-state index is -0.306. The molecule has 2 amide bonds. The zero-order valence-corrected chi connectivity index (χ0v) is 16.0. The minimum absolute atomic E-state index is 0.108. The van der Waals surface area contributed by atoms with E-state index < -0.39 is 0 Å². The van der Waals surface area contributed by atoms with Gasteiger partial charge in [-0.05, 0) is 30.2 Å². The van der Waals surface area contributed by atoms with Crippen LogP contribution in [0, 0.1) is 5.92 Å². The molecule has 2 heterocycles. The Balaban J connectivity index is 1.53. The van der Waals surface area contributed by atoms with E-state index in [1.807, 2.05) is 48.5 Å². The highest BCUT2D eigenvalue weighted by Crippen LogP contribution is 2.24. The Labute approximate surface area is 162 Å². The standard InChI is InChI=1S/C19H22N6OS/c1-13(2)16(22-14-8-4-3-5-9-14)12-21-18(26)23-19-25-24-17(27-19)15-10-6-7-11-20-15/h3-11,13,16,22H,12H2,1-2H3,(H2,21,23,25,26). The van der Waals surface area contributed by atoms with Crippen LogP contribution in [0.1, 0.15) is 13.8 Å². The van der Waals surface area contributed by atoms with Crippen LogP contribution >= 0.6 is 11.3 Å². The molecule has 0 spiro atoms. The number of amides is 2. The number of aromatic nitrogens is 3. The van der Waals surface area contributed by atoms with Gasteiger partial charge in [-0.1, -0.05) is 49.4 Å². The zero-order chi connectivity index (χ0) is 19.1. The first-order chi connectivity index (χ1) is 13.1. The van der Waals surface area contributed by atoms with Crippen molar-refractivity contribution in [3.8, 4) is 10.7 Å². The predicted molar refractivity (Wildman–Crippen MR) is 109 cm³/mol. The fourth-order valence-corrected chi connectivity index (χ4v) is 3.13. The summed E-state index contributed by atoms with van der Waals surface area (Å²) < 4.78 is 0. The number of rotatable bonds is 7. The van der Waals surface area contributed by atoms with Crippen molar-refractivity contribution in [2.75, 3.05) is 17.2 Å². The molecule has 8 heteroatoms. The number of carbonyl (C=O) groups is 1. The Morgan fingerprint density at radius 2 is 1.85 bits per heavy atom. The van der Waals surface area contributed by atoms with E-state index in [1.165, 1.54) is 11.3 Å². The second-order valence-electron chi connectivity index (χ2n) is 6.32. The molecule has 3 aromatic rings. The van der Waals surface area contributed by atoms with Gasteiger partial charge < -0.3 is 10.6 Å². The lowest BCUT2D eigenvalue weighted by atomic mass is 10.0. The molecule has 2 aromatic heterocycles. The largest absolute Gasteiger partial charge is 0.380 e. The van der Waals surface area contributed by atoms with Gasteiger partial charge in [0, 0.05) is 24.5 Å². The SMILES string of the molecule is CC(C)C(CNC(=O)Nc1nnc(-c2ccccn2)s1)Nc1ccccc1. The maximum atomic E-state index is 12.2. The normalized spacial score (nSPS) is 11.8. The van der Waals surface area contributed by atoms with Gasteiger partial charge in [0.2, 0.25) is 5.13 Å². The van der Waals surface area contributed by atoms with Crippen LogP contribution in [0.25, 0.3) is 10.7 Å². The van der Waals surface area contributed by atoms with E-state index in [9.17, 15) is 4.79 Å². The van der Waals surface area contributed by atoms with E-state index in [0.717, 1.165) is 11.4 Å². The maximum absolute atomic E-state index is 12.2. The lowest BCUT2D eigenvalue weighted by Gasteiger charge is -2.23. The lowest BCUT2D eigenvalue weighted by molar-refractivity contribution is 0.251. The fourth-order valence-electron chi connectivity index (χ4n) is 2.41. The van der Waals surface area contributed by atoms with Gasteiger partial charge >= 0.3 is 6.03 Å². The zero-order valence-electron chi connectivity index (χ0n) is 15.2. The summed E-state index contributed by atoms with van der Waals surface area (Å²) in [6, 6.07) is 15.3. The van der Waals surface area contributed by atoms with E-state index in [2.05, 4.69) is 45.0 Å². The Hall–Kier alpha value is -3.00. The smallest absolute Gasteiger partial charge is 0.321 e. The van der Waals surface area contributed by atoms with E-state index in [0.29, 0.717) is 22.6 Å². The molecule has 0 saturated carbocycles. The Kier molecular flexibility index (Phi) is 6.32. The van der Waals surface area contributed by atoms with E-state index in [-0.39, 0.29) is 12.1 Å². The van der Waals surface area contributed by atoms with Crippen molar-refractivity contribution in [2.24, 2.45) is 5.92 Å². The molecule has 1 atom stereocenters. The van der Waals surface area contributed by atoms with Gasteiger partial charge in [0.1, 0.15) is 5.69 Å². The third-order valence-electron chi connectivity index (χ3n) is 3.94. The number of hydrogen-bond donors (Lipinski definition) is 3. The third kappa shape index (κ3) is 5.49. The second-order valence-corrected chi connectivity index (χ2v) is 7.30. The number of carbonyl (C=O) groups excluding carboxylic acids is 1. The number of anilines is 2. The fraction of sp³-hybridized carbons (Fsp3) is 0.263. The van der Waals surface area contributed by atoms with Crippen molar-refractivity contribution in [3.63, 3.8) is 0 Å². The Morgan fingerprint density at radius 3 is 2.56 bits per heavy atom. The molecule has 140 valence electrons. The Morgan fingerprint density at radius 1 is 1.07 bits per heavy atom. The summed E-state index contributed by atoms with van der Waals surface area (Å²) in [6.45, 7) is 4.72. The Bertz CT molecular complexity index is 853. The van der Waals surface area contributed by atoms with Gasteiger partial charge in [-0.2, -0.15) is 0 Å². The summed E-state index contributed by atoms with van der Waals surface area (Å²) in [4.78, 5) is 16.4. The minimum Gasteiger partial charge on any atom is -0.380 e. The number of nitrogens with one attached hydrogen (secondary N) is 3. The molecule has 3 N–H and O–H groups in total. The molecule has 1 aromatic carbocycles. The van der Waals surface area contributed by atoms with Crippen molar-refractivity contribution in [3.05, 3.63) is 54.7 Å². The second kappa shape index (κ2) is 9.09. The first-order valence-electron chi connectivity index (χ1n) is 8.73. The molecule has 0 aliphatic rings. The van der Waals surface area contributed by atoms with Gasteiger partial charge in [-0.25, -0.2) is 4.79 Å². The van der Waals surface area contributed by atoms with Crippen molar-refractivity contribution in [2.45, 2.75) is 19.9 Å². The van der Waals surface area contributed by atoms with E-state index in [4.69, 9.17) is 0 Å². The molecule has 7 nitrogen and oxygen atoms in total. The summed E-state index contributed by atoms with van der Waals surface area (Å²) in [5.41, 5.74) is 1.76. The maximum Gasteiger partial charge on any atom is 0.321 e. The monoisotopic (exact) mass is 382 g/mol. The van der Waals surface area contributed by atoms with Crippen LogP contribution in [0.2, 0.25) is 0 Å². The van der Waals surface area contributed by atoms with Crippen LogP contribution in [0.3, 0.4) is 0 Å². The summed E-state index contributed by atoms with van der Waals surface area (Å²) in [6.07, 6.45) is 1.70. The number of benzene rings is 1. The summed E-state index contributed by atoms with van der Waals surface area (Å²) in [5, 5.41) is 18.2. The quantitative estimate of drug-likeness (QED) is 0.577. The molecule has 3 rings (SSSR count). The first-order valence-corrected chi connectivity index (χ1v) is 9.55. The van der Waals surface area contributed by atoms with Crippen LogP contribution in [0.5, 0.6) is 0 Å². The highest BCUT2D eigenvalue weighted by Gasteiger charge is 2.15. The first kappa shape index (κ1) is 18.8. The van der Waals surface area contributed by atoms with Crippen LogP contribution in [-0.2, 0) is 0 Å². The van der Waals surface area contributed by atoms with Crippen molar-refractivity contribution in [1.82, 2.24) is 20.5 Å². The average molecular weight is 382 g/mol. The molecule has 0 aliphatic heterocycles. The molecule has 0 radical (unpaired) electrons. The van der Waals surface area contributed by atoms with Gasteiger partial charge in [-0.15, -0.1) is 10.2 Å². The summed E-state index contributed by atoms with van der Waals surface area (Å²) in [7, 11) is 0. The van der Waals surface area contributed by atoms with Crippen molar-refractivity contribution in [1.29, 1.82) is 0 Å². The van der Waals surface area contributed by atoms with Crippen LogP contribution in [0.4, 0.5) is 15.6 Å². The lowest BCUT2D eigenvalue weighted by Crippen LogP contribution is -2.41. The predicted octanol–water partition coefficient (Wildman–Crippen LogP) is 3.86. The van der Waals surface area contributed by atoms with Crippen LogP contribution < -0.4 is 16.0 Å². The molecule has 0 bridgehead atoms. The molecule has 0 aliphatic carbocycles. The van der Waals surface area contributed by atoms with Crippen molar-refractivity contribution >= 4 is 28.2 Å².